The molecule has 0 spiro atoms. The van der Waals surface area contributed by atoms with Gasteiger partial charge in [0.2, 0.25) is 0 Å². The predicted octanol–water partition coefficient (Wildman–Crippen LogP) is 3.75. The fraction of sp³-hybridized carbons (Fsp3) is 0.250. The molecule has 1 aromatic heterocycles. The zero-order valence-electron chi connectivity index (χ0n) is 13.0. The number of ether oxygens (including phenoxy) is 1. The monoisotopic (exact) mass is 374 g/mol. The van der Waals surface area contributed by atoms with Crippen molar-refractivity contribution in [3.63, 3.8) is 0 Å². The van der Waals surface area contributed by atoms with Gasteiger partial charge in [0.1, 0.15) is 11.4 Å². The minimum Gasteiger partial charge on any atom is -0.476 e. The number of nitrogens with zero attached hydrogens (tertiary/aromatic N) is 2. The minimum absolute atomic E-state index is 0.0326. The van der Waals surface area contributed by atoms with Gasteiger partial charge in [0.05, 0.1) is 16.8 Å². The van der Waals surface area contributed by atoms with E-state index >= 15 is 0 Å². The molecule has 0 aliphatic rings. The van der Waals surface area contributed by atoms with E-state index in [1.807, 2.05) is 0 Å². The summed E-state index contributed by atoms with van der Waals surface area (Å²) in [6.45, 7) is 2.51. The summed E-state index contributed by atoms with van der Waals surface area (Å²) in [5.41, 5.74) is -3.34. The van der Waals surface area contributed by atoms with Crippen molar-refractivity contribution in [3.05, 3.63) is 50.7 Å². The molecule has 2 rings (SSSR count). The van der Waals surface area contributed by atoms with Gasteiger partial charge in [-0.05, 0) is 19.9 Å². The molecule has 0 aliphatic heterocycles. The lowest BCUT2D eigenvalue weighted by atomic mass is 10.2. The van der Waals surface area contributed by atoms with Gasteiger partial charge in [0.15, 0.2) is 11.9 Å². The van der Waals surface area contributed by atoms with Crippen molar-refractivity contribution in [2.45, 2.75) is 26.1 Å². The third kappa shape index (κ3) is 3.77. The quantitative estimate of drug-likeness (QED) is 0.607. The number of alkyl halides is 3. The topological polar surface area (TPSA) is 44.1 Å². The predicted molar refractivity (Wildman–Crippen MR) is 83.5 cm³/mol. The van der Waals surface area contributed by atoms with Crippen LogP contribution >= 0.6 is 11.6 Å². The lowest BCUT2D eigenvalue weighted by molar-refractivity contribution is -0.138. The summed E-state index contributed by atoms with van der Waals surface area (Å²) in [5.74, 6) is 1.28. The molecule has 0 fully saturated rings. The van der Waals surface area contributed by atoms with Gasteiger partial charge in [0, 0.05) is 11.6 Å². The maximum Gasteiger partial charge on any atom is 0.418 e. The number of halogens is 5. The van der Waals surface area contributed by atoms with Crippen molar-refractivity contribution < 1.29 is 22.3 Å². The Morgan fingerprint density at radius 2 is 2.04 bits per heavy atom. The minimum atomic E-state index is -4.75. The zero-order valence-corrected chi connectivity index (χ0v) is 13.7. The van der Waals surface area contributed by atoms with E-state index in [0.717, 1.165) is 19.1 Å². The molecular formula is C16H11ClF4N2O2. The zero-order chi connectivity index (χ0) is 18.9. The molecule has 0 amide bonds. The molecule has 1 atom stereocenters. The number of benzene rings is 1. The Morgan fingerprint density at radius 3 is 2.60 bits per heavy atom. The van der Waals surface area contributed by atoms with Gasteiger partial charge in [-0.2, -0.15) is 23.0 Å². The Bertz CT molecular complexity index is 916. The van der Waals surface area contributed by atoms with E-state index in [2.05, 4.69) is 11.0 Å². The van der Waals surface area contributed by atoms with E-state index in [0.29, 0.717) is 10.9 Å². The van der Waals surface area contributed by atoms with Gasteiger partial charge in [-0.3, -0.25) is 4.79 Å². The number of rotatable bonds is 3. The van der Waals surface area contributed by atoms with E-state index < -0.39 is 40.5 Å². The van der Waals surface area contributed by atoms with Crippen LogP contribution in [0.1, 0.15) is 18.1 Å². The van der Waals surface area contributed by atoms with Gasteiger partial charge in [-0.1, -0.05) is 17.5 Å². The van der Waals surface area contributed by atoms with Gasteiger partial charge < -0.3 is 4.74 Å². The van der Waals surface area contributed by atoms with Crippen molar-refractivity contribution in [2.24, 2.45) is 0 Å². The first-order valence-electron chi connectivity index (χ1n) is 6.84. The number of aromatic nitrogens is 2. The molecular weight excluding hydrogens is 364 g/mol. The lowest BCUT2D eigenvalue weighted by Gasteiger charge is -2.15. The van der Waals surface area contributed by atoms with Crippen molar-refractivity contribution in [1.29, 1.82) is 0 Å². The van der Waals surface area contributed by atoms with Gasteiger partial charge >= 0.3 is 6.18 Å². The molecule has 25 heavy (non-hydrogen) atoms. The van der Waals surface area contributed by atoms with Crippen LogP contribution in [0.5, 0.6) is 5.75 Å². The van der Waals surface area contributed by atoms with E-state index in [1.54, 1.807) is 0 Å². The highest BCUT2D eigenvalue weighted by Gasteiger charge is 2.34. The summed E-state index contributed by atoms with van der Waals surface area (Å²) in [5, 5.41) is 3.30. The largest absolute Gasteiger partial charge is 0.476 e. The van der Waals surface area contributed by atoms with E-state index in [9.17, 15) is 22.4 Å². The second-order valence-electron chi connectivity index (χ2n) is 5.06. The fourth-order valence-electron chi connectivity index (χ4n) is 1.99. The number of terminal acetylenes is 1. The SMILES string of the molecule is C#CC(C)Oc1cc(-n2ncc(C(F)(F)F)c(C)c2=O)c(F)cc1Cl. The third-order valence-electron chi connectivity index (χ3n) is 3.29. The van der Waals surface area contributed by atoms with Crippen LogP contribution in [0.3, 0.4) is 0 Å². The molecule has 0 bridgehead atoms. The molecule has 0 aliphatic carbocycles. The molecule has 132 valence electrons. The Morgan fingerprint density at radius 1 is 1.40 bits per heavy atom. The summed E-state index contributed by atoms with van der Waals surface area (Å²) in [6.07, 6.45) is 0.193. The standard InChI is InChI=1S/C16H11ClF4N2O2/c1-4-8(2)25-14-6-13(12(18)5-11(14)17)23-15(24)9(3)10(7-22-23)16(19,20)21/h1,5-8H,2-3H3. The average molecular weight is 375 g/mol. The van der Waals surface area contributed by atoms with Crippen LogP contribution < -0.4 is 10.3 Å². The van der Waals surface area contributed by atoms with Crippen LogP contribution in [0.4, 0.5) is 17.6 Å². The Kier molecular flexibility index (Phi) is 5.09. The summed E-state index contributed by atoms with van der Waals surface area (Å²) >= 11 is 5.86. The lowest BCUT2D eigenvalue weighted by Crippen LogP contribution is -2.28. The fourth-order valence-corrected chi connectivity index (χ4v) is 2.19. The molecule has 0 N–H and O–H groups in total. The number of hydrogen-bond acceptors (Lipinski definition) is 3. The van der Waals surface area contributed by atoms with Crippen LogP contribution in [0.2, 0.25) is 5.02 Å². The summed E-state index contributed by atoms with van der Waals surface area (Å²) in [4.78, 5) is 12.2. The highest BCUT2D eigenvalue weighted by molar-refractivity contribution is 6.32. The second-order valence-corrected chi connectivity index (χ2v) is 5.47. The Hall–Kier alpha value is -2.53. The highest BCUT2D eigenvalue weighted by Crippen LogP contribution is 2.32. The van der Waals surface area contributed by atoms with Crippen LogP contribution in [0, 0.1) is 25.1 Å². The van der Waals surface area contributed by atoms with Crippen LogP contribution in [-0.2, 0) is 6.18 Å². The van der Waals surface area contributed by atoms with Crippen molar-refractivity contribution in [3.8, 4) is 23.8 Å². The molecule has 2 aromatic rings. The summed E-state index contributed by atoms with van der Waals surface area (Å²) in [6, 6.07) is 1.91. The van der Waals surface area contributed by atoms with Crippen LogP contribution in [0.15, 0.2) is 23.1 Å². The molecule has 9 heteroatoms. The molecule has 1 aromatic carbocycles. The Labute approximate surface area is 145 Å². The smallest absolute Gasteiger partial charge is 0.418 e. The first-order valence-corrected chi connectivity index (χ1v) is 7.22. The molecule has 1 heterocycles. The van der Waals surface area contributed by atoms with E-state index in [1.165, 1.54) is 6.92 Å². The maximum atomic E-state index is 14.2. The second kappa shape index (κ2) is 6.76. The normalized spacial score (nSPS) is 12.6. The third-order valence-corrected chi connectivity index (χ3v) is 3.59. The average Bonchev–Trinajstić information content (AvgIpc) is 2.51. The van der Waals surface area contributed by atoms with Gasteiger partial charge in [-0.25, -0.2) is 4.39 Å². The molecule has 4 nitrogen and oxygen atoms in total. The highest BCUT2D eigenvalue weighted by atomic mass is 35.5. The molecule has 1 unspecified atom stereocenters. The van der Waals surface area contributed by atoms with Crippen LogP contribution in [-0.4, -0.2) is 15.9 Å². The Balaban J connectivity index is 2.63. The van der Waals surface area contributed by atoms with E-state index in [4.69, 9.17) is 22.8 Å². The van der Waals surface area contributed by atoms with Crippen LogP contribution in [0.25, 0.3) is 5.69 Å². The van der Waals surface area contributed by atoms with Gasteiger partial charge in [0.25, 0.3) is 5.56 Å². The van der Waals surface area contributed by atoms with Crippen molar-refractivity contribution in [2.75, 3.05) is 0 Å². The molecule has 0 saturated heterocycles. The summed E-state index contributed by atoms with van der Waals surface area (Å²) < 4.78 is 58.5. The van der Waals surface area contributed by atoms with E-state index in [-0.39, 0.29) is 10.8 Å². The maximum absolute atomic E-state index is 14.2. The van der Waals surface area contributed by atoms with Crippen molar-refractivity contribution >= 4 is 11.6 Å². The molecule has 0 saturated carbocycles. The first-order chi connectivity index (χ1) is 11.6. The number of hydrogen-bond donors (Lipinski definition) is 0. The van der Waals surface area contributed by atoms with Crippen molar-refractivity contribution in [1.82, 2.24) is 9.78 Å². The first kappa shape index (κ1) is 18.8. The summed E-state index contributed by atoms with van der Waals surface area (Å²) in [7, 11) is 0. The van der Waals surface area contributed by atoms with Gasteiger partial charge in [-0.15, -0.1) is 6.42 Å². The molecule has 0 radical (unpaired) electrons.